The van der Waals surface area contributed by atoms with Crippen LogP contribution in [0.25, 0.3) is 0 Å². The normalized spacial score (nSPS) is 20.7. The lowest BCUT2D eigenvalue weighted by molar-refractivity contribution is 0.0914. The molecule has 1 N–H and O–H groups in total. The highest BCUT2D eigenvalue weighted by Crippen LogP contribution is 2.31. The van der Waals surface area contributed by atoms with Gasteiger partial charge in [0.1, 0.15) is 5.82 Å². The number of fused-ring (bicyclic) bond motifs is 1. The molecule has 1 saturated carbocycles. The summed E-state index contributed by atoms with van der Waals surface area (Å²) in [5.74, 6) is -0.523. The molecule has 1 saturated heterocycles. The Morgan fingerprint density at radius 2 is 1.91 bits per heavy atom. The van der Waals surface area contributed by atoms with Gasteiger partial charge in [-0.25, -0.2) is 4.39 Å². The summed E-state index contributed by atoms with van der Waals surface area (Å²) < 4.78 is 15.1. The first-order valence-corrected chi connectivity index (χ1v) is 11.9. The first-order chi connectivity index (χ1) is 15.9. The minimum atomic E-state index is -0.298. The van der Waals surface area contributed by atoms with Gasteiger partial charge < -0.3 is 20.0 Å². The summed E-state index contributed by atoms with van der Waals surface area (Å²) in [5, 5.41) is 3.05. The maximum Gasteiger partial charge on any atom is 0.258 e. The number of hydrogen-bond donors (Lipinski definition) is 1. The standard InChI is InChI=1S/C26H31FN4O2/c1-29(2)21-11-12-30(16-21)24-9-7-20(15-23(24)27)31-13-10-17-14-18(6-8-22(17)26(31)33)25(32)28-19-4-3-5-19/h6-9,14-15,19,21H,3-5,10-13,16H2,1-2H3,(H,28,32)/t21-/m1/s1. The lowest BCUT2D eigenvalue weighted by Crippen LogP contribution is -2.40. The second-order valence-electron chi connectivity index (χ2n) is 9.67. The zero-order chi connectivity index (χ0) is 23.1. The fraction of sp³-hybridized carbons (Fsp3) is 0.462. The van der Waals surface area contributed by atoms with Crippen molar-refractivity contribution < 1.29 is 14.0 Å². The number of carbonyl (C=O) groups excluding carboxylic acids is 2. The Kier molecular flexibility index (Phi) is 5.83. The van der Waals surface area contributed by atoms with E-state index in [2.05, 4.69) is 29.2 Å². The third kappa shape index (κ3) is 4.22. The zero-order valence-corrected chi connectivity index (χ0v) is 19.3. The van der Waals surface area contributed by atoms with E-state index in [9.17, 15) is 9.59 Å². The molecular formula is C26H31FN4O2. The molecule has 2 amide bonds. The Hall–Kier alpha value is -2.93. The van der Waals surface area contributed by atoms with Gasteiger partial charge in [-0.1, -0.05) is 0 Å². The van der Waals surface area contributed by atoms with Gasteiger partial charge in [-0.15, -0.1) is 0 Å². The highest BCUT2D eigenvalue weighted by molar-refractivity contribution is 6.09. The second-order valence-corrected chi connectivity index (χ2v) is 9.67. The largest absolute Gasteiger partial charge is 0.368 e. The quantitative estimate of drug-likeness (QED) is 0.758. The first-order valence-electron chi connectivity index (χ1n) is 11.9. The molecule has 1 aliphatic carbocycles. The fourth-order valence-electron chi connectivity index (χ4n) is 5.00. The van der Waals surface area contributed by atoms with Crippen LogP contribution in [0.15, 0.2) is 36.4 Å². The molecule has 33 heavy (non-hydrogen) atoms. The minimum absolute atomic E-state index is 0.0755. The summed E-state index contributed by atoms with van der Waals surface area (Å²) >= 11 is 0. The van der Waals surface area contributed by atoms with Gasteiger partial charge in [-0.05, 0) is 88.2 Å². The van der Waals surface area contributed by atoms with Gasteiger partial charge in [-0.2, -0.15) is 0 Å². The predicted octanol–water partition coefficient (Wildman–Crippen LogP) is 3.45. The van der Waals surface area contributed by atoms with E-state index < -0.39 is 0 Å². The number of halogens is 1. The van der Waals surface area contributed by atoms with E-state index in [-0.39, 0.29) is 23.7 Å². The van der Waals surface area contributed by atoms with Crippen molar-refractivity contribution in [1.82, 2.24) is 10.2 Å². The minimum Gasteiger partial charge on any atom is -0.368 e. The summed E-state index contributed by atoms with van der Waals surface area (Å²) in [6.07, 6.45) is 4.87. The van der Waals surface area contributed by atoms with Gasteiger partial charge in [-0.3, -0.25) is 9.59 Å². The molecule has 2 aliphatic heterocycles. The monoisotopic (exact) mass is 450 g/mol. The van der Waals surface area contributed by atoms with E-state index in [1.54, 1.807) is 23.1 Å². The number of carbonyl (C=O) groups is 2. The molecule has 0 aromatic heterocycles. The molecule has 174 valence electrons. The molecule has 2 aromatic rings. The molecule has 1 atom stereocenters. The molecule has 2 fully saturated rings. The van der Waals surface area contributed by atoms with Crippen molar-refractivity contribution >= 4 is 23.2 Å². The van der Waals surface area contributed by atoms with Crippen LogP contribution in [-0.2, 0) is 6.42 Å². The van der Waals surface area contributed by atoms with Gasteiger partial charge in [0, 0.05) is 48.5 Å². The Morgan fingerprint density at radius 1 is 1.09 bits per heavy atom. The summed E-state index contributed by atoms with van der Waals surface area (Å²) in [5.41, 5.74) is 3.22. The Labute approximate surface area is 194 Å². The molecule has 2 aromatic carbocycles. The summed E-state index contributed by atoms with van der Waals surface area (Å²) in [6, 6.07) is 11.1. The Balaban J connectivity index is 1.31. The fourth-order valence-corrected chi connectivity index (χ4v) is 5.00. The third-order valence-electron chi connectivity index (χ3n) is 7.37. The predicted molar refractivity (Wildman–Crippen MR) is 128 cm³/mol. The molecule has 2 heterocycles. The van der Waals surface area contributed by atoms with Crippen molar-refractivity contribution in [1.29, 1.82) is 0 Å². The van der Waals surface area contributed by atoms with Crippen LogP contribution in [0.3, 0.4) is 0 Å². The topological polar surface area (TPSA) is 55.9 Å². The SMILES string of the molecule is CN(C)[C@@H]1CCN(c2ccc(N3CCc4cc(C(=O)NC5CCC5)ccc4C3=O)cc2F)C1. The van der Waals surface area contributed by atoms with Crippen molar-refractivity contribution in [2.75, 3.05) is 43.5 Å². The van der Waals surface area contributed by atoms with Crippen molar-refractivity contribution in [2.24, 2.45) is 0 Å². The number of hydrogen-bond acceptors (Lipinski definition) is 4. The highest BCUT2D eigenvalue weighted by atomic mass is 19.1. The molecule has 0 spiro atoms. The highest BCUT2D eigenvalue weighted by Gasteiger charge is 2.29. The molecule has 3 aliphatic rings. The summed E-state index contributed by atoms with van der Waals surface area (Å²) in [4.78, 5) is 31.6. The van der Waals surface area contributed by atoms with E-state index in [1.807, 2.05) is 12.1 Å². The van der Waals surface area contributed by atoms with Crippen molar-refractivity contribution in [3.63, 3.8) is 0 Å². The van der Waals surface area contributed by atoms with Gasteiger partial charge in [0.25, 0.3) is 11.8 Å². The van der Waals surface area contributed by atoms with Crippen LogP contribution in [0.1, 0.15) is 52.0 Å². The first kappa shape index (κ1) is 21.9. The average molecular weight is 451 g/mol. The van der Waals surface area contributed by atoms with E-state index in [1.165, 1.54) is 6.07 Å². The van der Waals surface area contributed by atoms with Crippen LogP contribution < -0.4 is 15.1 Å². The summed E-state index contributed by atoms with van der Waals surface area (Å²) in [6.45, 7) is 2.09. The molecular weight excluding hydrogens is 419 g/mol. The van der Waals surface area contributed by atoms with Crippen LogP contribution in [0.2, 0.25) is 0 Å². The Morgan fingerprint density at radius 3 is 2.58 bits per heavy atom. The molecule has 5 rings (SSSR count). The van der Waals surface area contributed by atoms with Crippen LogP contribution in [0.5, 0.6) is 0 Å². The van der Waals surface area contributed by atoms with Crippen molar-refractivity contribution in [2.45, 2.75) is 44.2 Å². The van der Waals surface area contributed by atoms with E-state index in [0.717, 1.165) is 44.3 Å². The zero-order valence-electron chi connectivity index (χ0n) is 19.3. The number of rotatable bonds is 5. The molecule has 0 radical (unpaired) electrons. The number of nitrogens with zero attached hydrogens (tertiary/aromatic N) is 3. The van der Waals surface area contributed by atoms with Crippen LogP contribution in [0.4, 0.5) is 15.8 Å². The number of likely N-dealkylation sites (N-methyl/N-ethyl adjacent to an activating group) is 1. The number of amides is 2. The third-order valence-corrected chi connectivity index (χ3v) is 7.37. The molecule has 7 heteroatoms. The van der Waals surface area contributed by atoms with Gasteiger partial charge >= 0.3 is 0 Å². The van der Waals surface area contributed by atoms with Crippen LogP contribution >= 0.6 is 0 Å². The van der Waals surface area contributed by atoms with E-state index in [0.29, 0.717) is 41.5 Å². The second kappa shape index (κ2) is 8.78. The lowest BCUT2D eigenvalue weighted by atomic mass is 9.92. The van der Waals surface area contributed by atoms with Gasteiger partial charge in [0.05, 0.1) is 5.69 Å². The van der Waals surface area contributed by atoms with Gasteiger partial charge in [0.2, 0.25) is 0 Å². The molecule has 0 bridgehead atoms. The van der Waals surface area contributed by atoms with Crippen LogP contribution in [-0.4, -0.2) is 62.5 Å². The Bertz CT molecular complexity index is 1080. The van der Waals surface area contributed by atoms with Crippen molar-refractivity contribution in [3.8, 4) is 0 Å². The molecule has 0 unspecified atom stereocenters. The number of benzene rings is 2. The smallest absolute Gasteiger partial charge is 0.258 e. The summed E-state index contributed by atoms with van der Waals surface area (Å²) in [7, 11) is 4.11. The number of nitrogens with one attached hydrogen (secondary N) is 1. The van der Waals surface area contributed by atoms with Crippen LogP contribution in [0, 0.1) is 5.82 Å². The lowest BCUT2D eigenvalue weighted by Gasteiger charge is -2.30. The van der Waals surface area contributed by atoms with E-state index >= 15 is 4.39 Å². The van der Waals surface area contributed by atoms with Gasteiger partial charge in [0.15, 0.2) is 0 Å². The maximum absolute atomic E-state index is 15.1. The number of anilines is 2. The molecule has 6 nitrogen and oxygen atoms in total. The van der Waals surface area contributed by atoms with Crippen molar-refractivity contribution in [3.05, 3.63) is 58.9 Å². The van der Waals surface area contributed by atoms with E-state index in [4.69, 9.17) is 0 Å². The maximum atomic E-state index is 15.1. The average Bonchev–Trinajstić information content (AvgIpc) is 3.26.